The molecular formula is C19H18ClN3O5. The molecule has 2 aromatic carbocycles. The summed E-state index contributed by atoms with van der Waals surface area (Å²) in [6.07, 6.45) is -0.351. The van der Waals surface area contributed by atoms with E-state index in [4.69, 9.17) is 16.3 Å². The zero-order valence-corrected chi connectivity index (χ0v) is 16.0. The van der Waals surface area contributed by atoms with Gasteiger partial charge in [-0.25, -0.2) is 0 Å². The van der Waals surface area contributed by atoms with Crippen LogP contribution in [-0.2, 0) is 9.59 Å². The summed E-state index contributed by atoms with van der Waals surface area (Å²) in [6.45, 7) is 3.24. The number of benzene rings is 2. The van der Waals surface area contributed by atoms with Crippen LogP contribution < -0.4 is 15.0 Å². The number of carbonyl (C=O) groups is 2. The second-order valence-corrected chi connectivity index (χ2v) is 6.72. The molecule has 1 N–H and O–H groups in total. The Morgan fingerprint density at radius 1 is 1.36 bits per heavy atom. The number of nitro groups is 1. The highest BCUT2D eigenvalue weighted by atomic mass is 35.5. The van der Waals surface area contributed by atoms with Crippen molar-refractivity contribution in [2.45, 2.75) is 26.4 Å². The van der Waals surface area contributed by atoms with Crippen molar-refractivity contribution in [2.24, 2.45) is 0 Å². The molecule has 0 bridgehead atoms. The van der Waals surface area contributed by atoms with Gasteiger partial charge in [-0.2, -0.15) is 0 Å². The van der Waals surface area contributed by atoms with Crippen LogP contribution in [0.2, 0.25) is 5.02 Å². The third-order valence-corrected chi connectivity index (χ3v) is 4.88. The number of amides is 2. The van der Waals surface area contributed by atoms with Gasteiger partial charge in [0.15, 0.2) is 6.10 Å². The summed E-state index contributed by atoms with van der Waals surface area (Å²) in [4.78, 5) is 37.1. The van der Waals surface area contributed by atoms with E-state index < -0.39 is 22.8 Å². The first-order chi connectivity index (χ1) is 13.3. The van der Waals surface area contributed by atoms with E-state index >= 15 is 0 Å². The van der Waals surface area contributed by atoms with E-state index in [0.29, 0.717) is 28.4 Å². The topological polar surface area (TPSA) is 102 Å². The number of fused-ring (bicyclic) bond motifs is 1. The molecule has 0 fully saturated rings. The first-order valence-corrected chi connectivity index (χ1v) is 9.01. The van der Waals surface area contributed by atoms with Crippen LogP contribution in [0, 0.1) is 17.0 Å². The number of non-ortho nitro benzene ring substituents is 1. The van der Waals surface area contributed by atoms with Crippen molar-refractivity contribution in [3.8, 4) is 5.75 Å². The van der Waals surface area contributed by atoms with E-state index in [0.717, 1.165) is 0 Å². The highest BCUT2D eigenvalue weighted by Gasteiger charge is 2.35. The van der Waals surface area contributed by atoms with Crippen LogP contribution in [0.25, 0.3) is 0 Å². The molecule has 0 spiro atoms. The van der Waals surface area contributed by atoms with Gasteiger partial charge in [-0.3, -0.25) is 24.6 Å². The number of rotatable bonds is 5. The summed E-state index contributed by atoms with van der Waals surface area (Å²) in [5, 5.41) is 14.3. The number of carbonyl (C=O) groups excluding carboxylic acids is 2. The number of hydrogen-bond acceptors (Lipinski definition) is 5. The van der Waals surface area contributed by atoms with Crippen molar-refractivity contribution in [1.82, 2.24) is 0 Å². The molecule has 2 aromatic rings. The molecule has 0 saturated carbocycles. The minimum Gasteiger partial charge on any atom is -0.478 e. The lowest BCUT2D eigenvalue weighted by Crippen LogP contribution is -2.48. The number of nitro benzene ring substituents is 1. The number of nitrogens with one attached hydrogen (secondary N) is 1. The second-order valence-electron chi connectivity index (χ2n) is 6.31. The Morgan fingerprint density at radius 2 is 2.11 bits per heavy atom. The van der Waals surface area contributed by atoms with Crippen molar-refractivity contribution >= 4 is 40.5 Å². The van der Waals surface area contributed by atoms with Crippen molar-refractivity contribution in [1.29, 1.82) is 0 Å². The summed E-state index contributed by atoms with van der Waals surface area (Å²) >= 11 is 6.07. The summed E-state index contributed by atoms with van der Waals surface area (Å²) in [5.74, 6) is -0.551. The number of halogens is 1. The second kappa shape index (κ2) is 7.85. The number of anilines is 2. The molecule has 1 unspecified atom stereocenters. The Morgan fingerprint density at radius 3 is 2.79 bits per heavy atom. The Hall–Kier alpha value is -3.13. The fourth-order valence-electron chi connectivity index (χ4n) is 2.92. The predicted molar refractivity (Wildman–Crippen MR) is 105 cm³/mol. The first-order valence-electron chi connectivity index (χ1n) is 8.63. The van der Waals surface area contributed by atoms with Gasteiger partial charge in [0, 0.05) is 22.8 Å². The Bertz CT molecular complexity index is 963. The highest BCUT2D eigenvalue weighted by Crippen LogP contribution is 2.37. The fraction of sp³-hybridized carbons (Fsp3) is 0.263. The van der Waals surface area contributed by atoms with Crippen LogP contribution in [0.5, 0.6) is 5.75 Å². The molecule has 28 heavy (non-hydrogen) atoms. The van der Waals surface area contributed by atoms with Gasteiger partial charge in [-0.05, 0) is 37.1 Å². The van der Waals surface area contributed by atoms with Crippen LogP contribution in [0.4, 0.5) is 17.1 Å². The summed E-state index contributed by atoms with van der Waals surface area (Å²) < 4.78 is 5.63. The maximum absolute atomic E-state index is 12.7. The molecule has 0 saturated heterocycles. The molecule has 1 heterocycles. The smallest absolute Gasteiger partial charge is 0.271 e. The van der Waals surface area contributed by atoms with E-state index in [2.05, 4.69) is 5.32 Å². The van der Waals surface area contributed by atoms with Crippen molar-refractivity contribution < 1.29 is 19.2 Å². The Kier molecular flexibility index (Phi) is 5.51. The maximum atomic E-state index is 12.7. The first kappa shape index (κ1) is 19.6. The number of hydrogen-bond donors (Lipinski definition) is 1. The minimum absolute atomic E-state index is 0.193. The summed E-state index contributed by atoms with van der Waals surface area (Å²) in [7, 11) is 0. The molecule has 1 aliphatic rings. The van der Waals surface area contributed by atoms with E-state index in [1.54, 1.807) is 32.0 Å². The number of ether oxygens (including phenoxy) is 1. The van der Waals surface area contributed by atoms with E-state index in [-0.39, 0.29) is 17.9 Å². The lowest BCUT2D eigenvalue weighted by atomic mass is 10.1. The third kappa shape index (κ3) is 3.77. The molecule has 3 rings (SSSR count). The fourth-order valence-corrected chi connectivity index (χ4v) is 3.10. The van der Waals surface area contributed by atoms with Crippen molar-refractivity contribution in [3.05, 3.63) is 57.1 Å². The van der Waals surface area contributed by atoms with Gasteiger partial charge in [-0.1, -0.05) is 24.6 Å². The van der Waals surface area contributed by atoms with Crippen LogP contribution in [0.15, 0.2) is 36.4 Å². The minimum atomic E-state index is -0.755. The Labute approximate surface area is 166 Å². The normalized spacial score (nSPS) is 15.6. The van der Waals surface area contributed by atoms with Crippen LogP contribution >= 0.6 is 11.6 Å². The zero-order chi connectivity index (χ0) is 20.4. The van der Waals surface area contributed by atoms with Gasteiger partial charge < -0.3 is 10.1 Å². The molecule has 1 aliphatic heterocycles. The molecule has 1 atom stereocenters. The van der Waals surface area contributed by atoms with Gasteiger partial charge in [0.1, 0.15) is 12.3 Å². The predicted octanol–water partition coefficient (Wildman–Crippen LogP) is 3.70. The lowest BCUT2D eigenvalue weighted by molar-refractivity contribution is -0.384. The molecule has 0 aromatic heterocycles. The number of nitrogens with zero attached hydrogens (tertiary/aromatic N) is 2. The van der Waals surface area contributed by atoms with Crippen molar-refractivity contribution in [2.75, 3.05) is 16.8 Å². The lowest BCUT2D eigenvalue weighted by Gasteiger charge is -2.33. The molecule has 9 heteroatoms. The van der Waals surface area contributed by atoms with Gasteiger partial charge in [0.25, 0.3) is 11.6 Å². The zero-order valence-electron chi connectivity index (χ0n) is 15.3. The van der Waals surface area contributed by atoms with Crippen molar-refractivity contribution in [3.63, 3.8) is 0 Å². The van der Waals surface area contributed by atoms with Crippen LogP contribution in [0.3, 0.4) is 0 Å². The van der Waals surface area contributed by atoms with Gasteiger partial charge >= 0.3 is 0 Å². The molecule has 146 valence electrons. The van der Waals surface area contributed by atoms with Crippen LogP contribution in [0.1, 0.15) is 18.9 Å². The van der Waals surface area contributed by atoms with E-state index in [1.165, 1.54) is 23.1 Å². The standard InChI is InChI=1S/C19H18ClN3O5/c1-3-16-19(25)22(15-9-12(23(26)27)7-8-17(15)28-16)10-18(24)21-14-6-4-5-13(20)11(14)2/h4-9,16H,3,10H2,1-2H3,(H,21,24). The molecule has 2 amide bonds. The van der Waals surface area contributed by atoms with Gasteiger partial charge in [-0.15, -0.1) is 0 Å². The SMILES string of the molecule is CCC1Oc2ccc([N+](=O)[O-])cc2N(CC(=O)Nc2cccc(Cl)c2C)C1=O. The third-order valence-electron chi connectivity index (χ3n) is 4.47. The summed E-state index contributed by atoms with van der Waals surface area (Å²) in [6, 6.07) is 9.09. The monoisotopic (exact) mass is 403 g/mol. The van der Waals surface area contributed by atoms with Gasteiger partial charge in [0.2, 0.25) is 5.91 Å². The average molecular weight is 404 g/mol. The molecule has 0 aliphatic carbocycles. The van der Waals surface area contributed by atoms with E-state index in [9.17, 15) is 19.7 Å². The molecular weight excluding hydrogens is 386 g/mol. The van der Waals surface area contributed by atoms with E-state index in [1.807, 2.05) is 0 Å². The van der Waals surface area contributed by atoms with Gasteiger partial charge in [0.05, 0.1) is 10.6 Å². The average Bonchev–Trinajstić information content (AvgIpc) is 2.67. The summed E-state index contributed by atoms with van der Waals surface area (Å²) in [5.41, 5.74) is 1.24. The Balaban J connectivity index is 1.90. The highest BCUT2D eigenvalue weighted by molar-refractivity contribution is 6.31. The maximum Gasteiger partial charge on any atom is 0.271 e. The molecule has 0 radical (unpaired) electrons. The van der Waals surface area contributed by atoms with Crippen LogP contribution in [-0.4, -0.2) is 29.4 Å². The quantitative estimate of drug-likeness (QED) is 0.605. The largest absolute Gasteiger partial charge is 0.478 e. The molecule has 8 nitrogen and oxygen atoms in total.